The maximum atomic E-state index is 12.6. The normalized spacial score (nSPS) is 41.3. The van der Waals surface area contributed by atoms with Gasteiger partial charge in [-0.2, -0.15) is 0 Å². The maximum Gasteiger partial charge on any atom is 0.239 e. The highest BCUT2D eigenvalue weighted by Crippen LogP contribution is 2.55. The number of likely N-dealkylation sites (N-methyl/N-ethyl adjacent to an activating group) is 2. The number of carbonyl (C=O) groups is 1. The van der Waals surface area contributed by atoms with Crippen LogP contribution in [-0.2, 0) is 4.79 Å². The van der Waals surface area contributed by atoms with E-state index in [1.807, 2.05) is 14.0 Å². The molecule has 19 heavy (non-hydrogen) atoms. The van der Waals surface area contributed by atoms with Crippen LogP contribution in [0.4, 0.5) is 0 Å². The van der Waals surface area contributed by atoms with Crippen LogP contribution < -0.4 is 5.32 Å². The molecule has 4 rings (SSSR count). The molecule has 1 amide bonds. The summed E-state index contributed by atoms with van der Waals surface area (Å²) < 4.78 is 0. The van der Waals surface area contributed by atoms with Crippen molar-refractivity contribution in [3.8, 4) is 0 Å². The third-order valence-corrected chi connectivity index (χ3v) is 5.96. The summed E-state index contributed by atoms with van der Waals surface area (Å²) in [6, 6.07) is 0.498. The van der Waals surface area contributed by atoms with Crippen LogP contribution in [0.3, 0.4) is 0 Å². The van der Waals surface area contributed by atoms with Crippen molar-refractivity contribution in [2.75, 3.05) is 13.6 Å². The lowest BCUT2D eigenvalue weighted by Gasteiger charge is -2.57. The molecule has 3 heteroatoms. The van der Waals surface area contributed by atoms with Crippen LogP contribution in [0.2, 0.25) is 0 Å². The first-order valence-corrected chi connectivity index (χ1v) is 8.11. The SMILES string of the molecule is CCN(C(=O)C(C)NC)C1C2CC3CC(C2)CC1C3. The Hall–Kier alpha value is -0.570. The monoisotopic (exact) mass is 264 g/mol. The Bertz CT molecular complexity index is 327. The molecule has 0 saturated heterocycles. The van der Waals surface area contributed by atoms with Gasteiger partial charge in [0.2, 0.25) is 5.91 Å². The Morgan fingerprint density at radius 1 is 1.16 bits per heavy atom. The molecule has 1 unspecified atom stereocenters. The summed E-state index contributed by atoms with van der Waals surface area (Å²) in [5.41, 5.74) is 0. The average molecular weight is 264 g/mol. The van der Waals surface area contributed by atoms with Gasteiger partial charge < -0.3 is 10.2 Å². The molecule has 0 heterocycles. The third kappa shape index (κ3) is 2.20. The Balaban J connectivity index is 1.78. The van der Waals surface area contributed by atoms with E-state index in [0.717, 1.165) is 30.2 Å². The van der Waals surface area contributed by atoms with Crippen molar-refractivity contribution in [1.82, 2.24) is 10.2 Å². The van der Waals surface area contributed by atoms with E-state index in [1.54, 1.807) is 0 Å². The molecular formula is C16H28N2O. The number of amides is 1. The lowest BCUT2D eigenvalue weighted by molar-refractivity contribution is -0.145. The van der Waals surface area contributed by atoms with E-state index < -0.39 is 0 Å². The van der Waals surface area contributed by atoms with Crippen molar-refractivity contribution in [3.05, 3.63) is 0 Å². The van der Waals surface area contributed by atoms with Gasteiger partial charge in [-0.3, -0.25) is 4.79 Å². The van der Waals surface area contributed by atoms with E-state index in [2.05, 4.69) is 17.1 Å². The van der Waals surface area contributed by atoms with Crippen LogP contribution in [0.5, 0.6) is 0 Å². The highest BCUT2D eigenvalue weighted by Gasteiger charge is 2.50. The fourth-order valence-corrected chi connectivity index (χ4v) is 5.29. The molecule has 1 N–H and O–H groups in total. The van der Waals surface area contributed by atoms with Crippen LogP contribution in [0.1, 0.15) is 46.0 Å². The first kappa shape index (κ1) is 13.4. The van der Waals surface area contributed by atoms with Crippen LogP contribution in [0, 0.1) is 23.7 Å². The van der Waals surface area contributed by atoms with Crippen LogP contribution in [-0.4, -0.2) is 36.5 Å². The van der Waals surface area contributed by atoms with Gasteiger partial charge in [0.1, 0.15) is 0 Å². The van der Waals surface area contributed by atoms with E-state index in [9.17, 15) is 4.79 Å². The zero-order chi connectivity index (χ0) is 13.6. The van der Waals surface area contributed by atoms with Gasteiger partial charge in [0, 0.05) is 12.6 Å². The number of nitrogens with one attached hydrogen (secondary N) is 1. The standard InChI is InChI=1S/C16H28N2O/c1-4-18(16(19)10(2)17-3)15-13-6-11-5-12(8-13)9-14(15)7-11/h10-15,17H,4-9H2,1-3H3. The van der Waals surface area contributed by atoms with Crippen molar-refractivity contribution in [3.63, 3.8) is 0 Å². The van der Waals surface area contributed by atoms with E-state index in [4.69, 9.17) is 0 Å². The third-order valence-electron chi connectivity index (χ3n) is 5.96. The van der Waals surface area contributed by atoms with Crippen LogP contribution >= 0.6 is 0 Å². The fourth-order valence-electron chi connectivity index (χ4n) is 5.29. The molecule has 4 aliphatic carbocycles. The lowest BCUT2D eigenvalue weighted by atomic mass is 9.54. The smallest absolute Gasteiger partial charge is 0.239 e. The molecule has 108 valence electrons. The van der Waals surface area contributed by atoms with Gasteiger partial charge in [-0.25, -0.2) is 0 Å². The van der Waals surface area contributed by atoms with Gasteiger partial charge in [-0.05, 0) is 76.7 Å². The largest absolute Gasteiger partial charge is 0.338 e. The summed E-state index contributed by atoms with van der Waals surface area (Å²) in [7, 11) is 1.88. The van der Waals surface area contributed by atoms with Crippen molar-refractivity contribution in [2.45, 2.75) is 58.0 Å². The predicted octanol–water partition coefficient (Wildman–Crippen LogP) is 2.27. The van der Waals surface area contributed by atoms with Gasteiger partial charge in [0.05, 0.1) is 6.04 Å². The Morgan fingerprint density at radius 2 is 1.68 bits per heavy atom. The maximum absolute atomic E-state index is 12.6. The molecular weight excluding hydrogens is 236 g/mol. The van der Waals surface area contributed by atoms with Crippen LogP contribution in [0.25, 0.3) is 0 Å². The van der Waals surface area contributed by atoms with Crippen molar-refractivity contribution >= 4 is 5.91 Å². The minimum atomic E-state index is -0.0443. The topological polar surface area (TPSA) is 32.3 Å². The van der Waals surface area contributed by atoms with E-state index in [0.29, 0.717) is 11.9 Å². The molecule has 3 nitrogen and oxygen atoms in total. The molecule has 4 fully saturated rings. The molecule has 0 aromatic heterocycles. The average Bonchev–Trinajstić information content (AvgIpc) is 2.40. The molecule has 4 aliphatic rings. The van der Waals surface area contributed by atoms with E-state index in [-0.39, 0.29) is 6.04 Å². The summed E-state index contributed by atoms with van der Waals surface area (Å²) in [5.74, 6) is 3.86. The summed E-state index contributed by atoms with van der Waals surface area (Å²) in [5, 5.41) is 3.11. The van der Waals surface area contributed by atoms with Crippen molar-refractivity contribution in [1.29, 1.82) is 0 Å². The second-order valence-corrected chi connectivity index (χ2v) is 7.06. The van der Waals surface area contributed by atoms with Gasteiger partial charge in [-0.15, -0.1) is 0 Å². The Morgan fingerprint density at radius 3 is 2.11 bits per heavy atom. The number of carbonyl (C=O) groups excluding carboxylic acids is 1. The number of nitrogens with zero attached hydrogens (tertiary/aromatic N) is 1. The number of hydrogen-bond donors (Lipinski definition) is 1. The van der Waals surface area contributed by atoms with Crippen molar-refractivity contribution < 1.29 is 4.79 Å². The second-order valence-electron chi connectivity index (χ2n) is 7.06. The van der Waals surface area contributed by atoms with Gasteiger partial charge >= 0.3 is 0 Å². The fraction of sp³-hybridized carbons (Fsp3) is 0.938. The molecule has 1 atom stereocenters. The minimum absolute atomic E-state index is 0.0443. The predicted molar refractivity (Wildman–Crippen MR) is 76.7 cm³/mol. The highest BCUT2D eigenvalue weighted by molar-refractivity contribution is 5.81. The quantitative estimate of drug-likeness (QED) is 0.845. The van der Waals surface area contributed by atoms with Gasteiger partial charge in [-0.1, -0.05) is 0 Å². The summed E-state index contributed by atoms with van der Waals surface area (Å²) in [6.07, 6.45) is 7.02. The van der Waals surface area contributed by atoms with Gasteiger partial charge in [0.15, 0.2) is 0 Å². The molecule has 0 spiro atoms. The Labute approximate surface area is 117 Å². The highest BCUT2D eigenvalue weighted by atomic mass is 16.2. The molecule has 0 aromatic carbocycles. The molecule has 4 saturated carbocycles. The summed E-state index contributed by atoms with van der Waals surface area (Å²) in [4.78, 5) is 14.8. The summed E-state index contributed by atoms with van der Waals surface area (Å²) >= 11 is 0. The van der Waals surface area contributed by atoms with Crippen LogP contribution in [0.15, 0.2) is 0 Å². The van der Waals surface area contributed by atoms with Crippen molar-refractivity contribution in [2.24, 2.45) is 23.7 Å². The van der Waals surface area contributed by atoms with Gasteiger partial charge in [0.25, 0.3) is 0 Å². The number of hydrogen-bond acceptors (Lipinski definition) is 2. The zero-order valence-corrected chi connectivity index (χ0v) is 12.6. The van der Waals surface area contributed by atoms with E-state index >= 15 is 0 Å². The molecule has 0 aromatic rings. The Kier molecular flexibility index (Phi) is 3.59. The summed E-state index contributed by atoms with van der Waals surface area (Å²) in [6.45, 7) is 5.00. The number of rotatable bonds is 4. The second kappa shape index (κ2) is 5.08. The first-order chi connectivity index (χ1) is 9.13. The molecule has 4 bridgehead atoms. The minimum Gasteiger partial charge on any atom is -0.338 e. The van der Waals surface area contributed by atoms with E-state index in [1.165, 1.54) is 32.1 Å². The molecule has 0 radical (unpaired) electrons. The first-order valence-electron chi connectivity index (χ1n) is 8.11. The molecule has 0 aliphatic heterocycles. The lowest BCUT2D eigenvalue weighted by Crippen LogP contribution is -2.59. The zero-order valence-electron chi connectivity index (χ0n) is 12.6.